The molecule has 0 heterocycles. The molecule has 3 aromatic carbocycles. The van der Waals surface area contributed by atoms with Crippen LogP contribution in [0.25, 0.3) is 0 Å². The van der Waals surface area contributed by atoms with Crippen LogP contribution in [0.3, 0.4) is 0 Å². The number of anilines is 1. The van der Waals surface area contributed by atoms with Crippen LogP contribution < -0.4 is 10.6 Å². The molecule has 0 aliphatic heterocycles. The highest BCUT2D eigenvalue weighted by molar-refractivity contribution is 5.95. The molecular weight excluding hydrogens is 458 g/mol. The highest BCUT2D eigenvalue weighted by Gasteiger charge is 2.21. The first-order valence-electron chi connectivity index (χ1n) is 11.5. The Bertz CT molecular complexity index is 1180. The summed E-state index contributed by atoms with van der Waals surface area (Å²) in [6.07, 6.45) is -0.159. The van der Waals surface area contributed by atoms with Gasteiger partial charge in [-0.2, -0.15) is 0 Å². The van der Waals surface area contributed by atoms with E-state index in [0.29, 0.717) is 11.3 Å². The molecule has 3 aromatic rings. The Hall–Kier alpha value is -4.46. The number of nitrogens with one attached hydrogen (secondary N) is 2. The summed E-state index contributed by atoms with van der Waals surface area (Å²) in [4.78, 5) is 51.0. The Labute approximate surface area is 210 Å². The summed E-state index contributed by atoms with van der Waals surface area (Å²) in [5.41, 5.74) is 2.89. The molecule has 0 bridgehead atoms. The zero-order valence-electron chi connectivity index (χ0n) is 20.3. The average molecular weight is 488 g/mol. The molecule has 3 rings (SSSR count). The molecule has 0 radical (unpaired) electrons. The summed E-state index contributed by atoms with van der Waals surface area (Å²) < 4.78 is 5.16. The van der Waals surface area contributed by atoms with Crippen molar-refractivity contribution in [2.45, 2.75) is 19.4 Å². The fraction of sp³-hybridized carbons (Fsp3) is 0.214. The number of amides is 3. The monoisotopic (exact) mass is 487 g/mol. The van der Waals surface area contributed by atoms with Crippen LogP contribution in [0.1, 0.15) is 33.9 Å². The number of likely N-dealkylation sites (N-methyl/N-ethyl adjacent to an activating group) is 1. The highest BCUT2D eigenvalue weighted by Crippen LogP contribution is 2.18. The van der Waals surface area contributed by atoms with Crippen LogP contribution in [0.2, 0.25) is 0 Å². The van der Waals surface area contributed by atoms with E-state index in [2.05, 4.69) is 10.6 Å². The fourth-order valence-electron chi connectivity index (χ4n) is 3.39. The lowest BCUT2D eigenvalue weighted by Gasteiger charge is -2.20. The van der Waals surface area contributed by atoms with E-state index < -0.39 is 24.5 Å². The minimum Gasteiger partial charge on any atom is -0.455 e. The Morgan fingerprint density at radius 1 is 0.861 bits per heavy atom. The van der Waals surface area contributed by atoms with Crippen LogP contribution in [0.4, 0.5) is 5.69 Å². The number of rotatable bonds is 10. The summed E-state index contributed by atoms with van der Waals surface area (Å²) in [6, 6.07) is 24.4. The zero-order chi connectivity index (χ0) is 25.9. The molecule has 8 heteroatoms. The molecule has 1 atom stereocenters. The van der Waals surface area contributed by atoms with Crippen molar-refractivity contribution in [2.24, 2.45) is 0 Å². The van der Waals surface area contributed by atoms with E-state index in [4.69, 9.17) is 4.74 Å². The van der Waals surface area contributed by atoms with Gasteiger partial charge in [-0.1, -0.05) is 66.2 Å². The largest absolute Gasteiger partial charge is 0.455 e. The van der Waals surface area contributed by atoms with Gasteiger partial charge in [0, 0.05) is 18.3 Å². The maximum atomic E-state index is 12.7. The van der Waals surface area contributed by atoms with Crippen LogP contribution in [0, 0.1) is 6.92 Å². The molecule has 0 aromatic heterocycles. The Morgan fingerprint density at radius 2 is 1.47 bits per heavy atom. The van der Waals surface area contributed by atoms with Crippen molar-refractivity contribution in [1.29, 1.82) is 0 Å². The number of aryl methyl sites for hydroxylation is 1. The number of hydrogen-bond acceptors (Lipinski definition) is 5. The number of nitrogens with zero attached hydrogens (tertiary/aromatic N) is 1. The second-order valence-corrected chi connectivity index (χ2v) is 8.33. The van der Waals surface area contributed by atoms with Crippen molar-refractivity contribution in [3.8, 4) is 0 Å². The Balaban J connectivity index is 1.51. The molecule has 3 amide bonds. The minimum atomic E-state index is -0.650. The van der Waals surface area contributed by atoms with E-state index in [1.54, 1.807) is 48.5 Å². The first-order valence-corrected chi connectivity index (χ1v) is 11.5. The van der Waals surface area contributed by atoms with Gasteiger partial charge in [0.15, 0.2) is 6.61 Å². The van der Waals surface area contributed by atoms with E-state index in [-0.39, 0.29) is 24.8 Å². The molecule has 8 nitrogen and oxygen atoms in total. The summed E-state index contributed by atoms with van der Waals surface area (Å²) in [6.45, 7) is 1.24. The zero-order valence-corrected chi connectivity index (χ0v) is 20.3. The number of carbonyl (C=O) groups is 4. The molecule has 36 heavy (non-hydrogen) atoms. The summed E-state index contributed by atoms with van der Waals surface area (Å²) in [5.74, 6) is -1.86. The molecular formula is C28H29N3O5. The molecule has 0 saturated carbocycles. The van der Waals surface area contributed by atoms with Gasteiger partial charge in [-0.25, -0.2) is 0 Å². The summed E-state index contributed by atoms with van der Waals surface area (Å²) in [5, 5.41) is 5.57. The van der Waals surface area contributed by atoms with Crippen LogP contribution in [-0.4, -0.2) is 48.8 Å². The van der Waals surface area contributed by atoms with Gasteiger partial charge in [0.05, 0.1) is 19.0 Å². The second-order valence-electron chi connectivity index (χ2n) is 8.33. The first kappa shape index (κ1) is 26.2. The lowest BCUT2D eigenvalue weighted by molar-refractivity contribution is -0.152. The van der Waals surface area contributed by atoms with Crippen molar-refractivity contribution in [3.05, 3.63) is 102 Å². The Kier molecular flexibility index (Phi) is 9.33. The van der Waals surface area contributed by atoms with Gasteiger partial charge >= 0.3 is 5.97 Å². The van der Waals surface area contributed by atoms with Gasteiger partial charge < -0.3 is 20.3 Å². The molecule has 2 N–H and O–H groups in total. The van der Waals surface area contributed by atoms with E-state index in [9.17, 15) is 19.2 Å². The van der Waals surface area contributed by atoms with Gasteiger partial charge in [0.2, 0.25) is 5.91 Å². The molecule has 1 unspecified atom stereocenters. The van der Waals surface area contributed by atoms with Gasteiger partial charge in [-0.3, -0.25) is 19.2 Å². The van der Waals surface area contributed by atoms with Crippen molar-refractivity contribution in [1.82, 2.24) is 10.2 Å². The number of ether oxygens (including phenoxy) is 1. The predicted octanol–water partition coefficient (Wildman–Crippen LogP) is 3.50. The van der Waals surface area contributed by atoms with Crippen molar-refractivity contribution < 1.29 is 23.9 Å². The molecule has 0 aliphatic carbocycles. The van der Waals surface area contributed by atoms with Crippen LogP contribution in [0.5, 0.6) is 0 Å². The van der Waals surface area contributed by atoms with Gasteiger partial charge in [-0.05, 0) is 36.8 Å². The highest BCUT2D eigenvalue weighted by atomic mass is 16.5. The number of carbonyl (C=O) groups excluding carboxylic acids is 4. The van der Waals surface area contributed by atoms with E-state index in [1.165, 1.54) is 11.9 Å². The molecule has 0 spiro atoms. The maximum Gasteiger partial charge on any atom is 0.308 e. The summed E-state index contributed by atoms with van der Waals surface area (Å²) in [7, 11) is 1.46. The minimum absolute atomic E-state index is 0.159. The number of esters is 1. The molecule has 0 aliphatic rings. The van der Waals surface area contributed by atoms with Crippen molar-refractivity contribution >= 4 is 29.4 Å². The SMILES string of the molecule is Cc1ccc(NC(=O)CN(C)C(=O)COC(=O)CC(NC(=O)c2ccccc2)c2ccccc2)cc1. The van der Waals surface area contributed by atoms with E-state index >= 15 is 0 Å². The fourth-order valence-corrected chi connectivity index (χ4v) is 3.39. The lowest BCUT2D eigenvalue weighted by Crippen LogP contribution is -2.37. The van der Waals surface area contributed by atoms with Crippen molar-refractivity contribution in [2.75, 3.05) is 25.5 Å². The van der Waals surface area contributed by atoms with Gasteiger partial charge in [0.1, 0.15) is 0 Å². The predicted molar refractivity (Wildman–Crippen MR) is 136 cm³/mol. The third kappa shape index (κ3) is 8.09. The molecule has 0 fully saturated rings. The lowest BCUT2D eigenvalue weighted by atomic mass is 10.0. The second kappa shape index (κ2) is 12.9. The third-order valence-electron chi connectivity index (χ3n) is 5.41. The topological polar surface area (TPSA) is 105 Å². The normalized spacial score (nSPS) is 11.2. The van der Waals surface area contributed by atoms with Crippen LogP contribution in [0.15, 0.2) is 84.9 Å². The van der Waals surface area contributed by atoms with Crippen LogP contribution in [-0.2, 0) is 19.1 Å². The molecule has 186 valence electrons. The smallest absolute Gasteiger partial charge is 0.308 e. The standard InChI is InChI=1S/C28H29N3O5/c1-20-13-15-23(16-14-20)29-25(32)18-31(2)26(33)19-36-27(34)17-24(21-9-5-3-6-10-21)30-28(35)22-11-7-4-8-12-22/h3-16,24H,17-19H2,1-2H3,(H,29,32)(H,30,35). The maximum absolute atomic E-state index is 12.7. The van der Waals surface area contributed by atoms with Gasteiger partial charge in [0.25, 0.3) is 11.8 Å². The Morgan fingerprint density at radius 3 is 2.11 bits per heavy atom. The van der Waals surface area contributed by atoms with E-state index in [0.717, 1.165) is 11.1 Å². The van der Waals surface area contributed by atoms with E-state index in [1.807, 2.05) is 43.3 Å². The quantitative estimate of drug-likeness (QED) is 0.426. The third-order valence-corrected chi connectivity index (χ3v) is 5.41. The first-order chi connectivity index (χ1) is 17.3. The summed E-state index contributed by atoms with van der Waals surface area (Å²) >= 11 is 0. The number of benzene rings is 3. The average Bonchev–Trinajstić information content (AvgIpc) is 2.89. The molecule has 0 saturated heterocycles. The van der Waals surface area contributed by atoms with Crippen LogP contribution >= 0.6 is 0 Å². The van der Waals surface area contributed by atoms with Gasteiger partial charge in [-0.15, -0.1) is 0 Å². The number of hydrogen-bond donors (Lipinski definition) is 2. The van der Waals surface area contributed by atoms with Crippen molar-refractivity contribution in [3.63, 3.8) is 0 Å².